The summed E-state index contributed by atoms with van der Waals surface area (Å²) in [6, 6.07) is 17.9. The molecule has 1 aromatic heterocycles. The predicted octanol–water partition coefficient (Wildman–Crippen LogP) is 3.53. The number of nitrogens with one attached hydrogen (secondary N) is 1. The number of rotatable bonds is 6. The molecule has 1 N–H and O–H groups in total. The molecule has 0 saturated carbocycles. The fourth-order valence-corrected chi connectivity index (χ4v) is 4.38. The van der Waals surface area contributed by atoms with Crippen LogP contribution in [0.25, 0.3) is 11.1 Å². The van der Waals surface area contributed by atoms with E-state index in [0.717, 1.165) is 59.7 Å². The number of benzene rings is 2. The fourth-order valence-electron chi connectivity index (χ4n) is 3.49. The largest absolute Gasteiger partial charge is 0.344 e. The van der Waals surface area contributed by atoms with Crippen molar-refractivity contribution in [3.8, 4) is 11.1 Å². The zero-order chi connectivity index (χ0) is 20.1. The first kappa shape index (κ1) is 19.5. The number of anilines is 2. The van der Waals surface area contributed by atoms with Crippen molar-refractivity contribution in [3.63, 3.8) is 0 Å². The summed E-state index contributed by atoms with van der Waals surface area (Å²) in [7, 11) is 0. The first-order valence-electron chi connectivity index (χ1n) is 9.97. The molecular formula is C22H25N5OS. The maximum Gasteiger partial charge on any atom is 0.231 e. The lowest BCUT2D eigenvalue weighted by Crippen LogP contribution is -2.46. The highest BCUT2D eigenvalue weighted by Gasteiger charge is 2.20. The minimum Gasteiger partial charge on any atom is -0.344 e. The molecule has 0 bridgehead atoms. The Morgan fingerprint density at radius 2 is 1.72 bits per heavy atom. The highest BCUT2D eigenvalue weighted by atomic mass is 32.1. The van der Waals surface area contributed by atoms with E-state index in [1.807, 2.05) is 54.6 Å². The van der Waals surface area contributed by atoms with Crippen LogP contribution in [0, 0.1) is 0 Å². The van der Waals surface area contributed by atoms with Crippen LogP contribution >= 0.6 is 11.3 Å². The Labute approximate surface area is 175 Å². The number of piperazine rings is 1. The standard InChI is InChI=1S/C22H25N5OS/c1-2-26-12-14-27(15-13-26)22-25-24-21(29-22)16-20(28)23-19-11-7-6-10-18(19)17-8-4-3-5-9-17/h3-11H,2,12-16H2,1H3,(H,23,28). The first-order chi connectivity index (χ1) is 14.2. The molecule has 0 spiro atoms. The van der Waals surface area contributed by atoms with Gasteiger partial charge in [-0.25, -0.2) is 0 Å². The quantitative estimate of drug-likeness (QED) is 0.677. The number of aromatic nitrogens is 2. The van der Waals surface area contributed by atoms with Gasteiger partial charge >= 0.3 is 0 Å². The van der Waals surface area contributed by atoms with Gasteiger partial charge in [-0.1, -0.05) is 66.8 Å². The molecule has 0 unspecified atom stereocenters. The number of nitrogens with zero attached hydrogens (tertiary/aromatic N) is 4. The van der Waals surface area contributed by atoms with Crippen LogP contribution in [0.2, 0.25) is 0 Å². The Kier molecular flexibility index (Phi) is 6.17. The van der Waals surface area contributed by atoms with E-state index in [4.69, 9.17) is 0 Å². The van der Waals surface area contributed by atoms with Crippen molar-refractivity contribution in [2.75, 3.05) is 42.9 Å². The van der Waals surface area contributed by atoms with Gasteiger partial charge in [0.05, 0.1) is 6.42 Å². The van der Waals surface area contributed by atoms with E-state index in [2.05, 4.69) is 32.2 Å². The molecule has 150 valence electrons. The molecule has 1 aliphatic rings. The molecule has 4 rings (SSSR count). The molecule has 3 aromatic rings. The van der Waals surface area contributed by atoms with Gasteiger partial charge in [0.15, 0.2) is 0 Å². The van der Waals surface area contributed by atoms with Crippen molar-refractivity contribution in [1.82, 2.24) is 15.1 Å². The van der Waals surface area contributed by atoms with Gasteiger partial charge < -0.3 is 15.1 Å². The summed E-state index contributed by atoms with van der Waals surface area (Å²) < 4.78 is 0. The van der Waals surface area contributed by atoms with Crippen molar-refractivity contribution in [3.05, 3.63) is 59.6 Å². The summed E-state index contributed by atoms with van der Waals surface area (Å²) in [5, 5.41) is 13.3. The smallest absolute Gasteiger partial charge is 0.231 e. The number of carbonyl (C=O) groups is 1. The average Bonchev–Trinajstić information content (AvgIpc) is 3.23. The molecule has 2 aromatic carbocycles. The van der Waals surface area contributed by atoms with E-state index in [0.29, 0.717) is 0 Å². The van der Waals surface area contributed by atoms with Gasteiger partial charge in [-0.2, -0.15) is 0 Å². The Balaban J connectivity index is 1.40. The summed E-state index contributed by atoms with van der Waals surface area (Å²) >= 11 is 1.51. The second-order valence-electron chi connectivity index (χ2n) is 7.04. The third-order valence-electron chi connectivity index (χ3n) is 5.14. The predicted molar refractivity (Wildman–Crippen MR) is 118 cm³/mol. The summed E-state index contributed by atoms with van der Waals surface area (Å²) in [6.45, 7) is 7.27. The lowest BCUT2D eigenvalue weighted by Gasteiger charge is -2.33. The van der Waals surface area contributed by atoms with Crippen molar-refractivity contribution in [2.45, 2.75) is 13.3 Å². The normalized spacial score (nSPS) is 14.7. The number of likely N-dealkylation sites (N-methyl/N-ethyl adjacent to an activating group) is 1. The van der Waals surface area contributed by atoms with Gasteiger partial charge in [0.1, 0.15) is 5.01 Å². The highest BCUT2D eigenvalue weighted by molar-refractivity contribution is 7.15. The summed E-state index contributed by atoms with van der Waals surface area (Å²) in [6.07, 6.45) is 0.232. The summed E-state index contributed by atoms with van der Waals surface area (Å²) in [4.78, 5) is 17.3. The van der Waals surface area contributed by atoms with Crippen molar-refractivity contribution in [2.24, 2.45) is 0 Å². The van der Waals surface area contributed by atoms with Gasteiger partial charge in [0.2, 0.25) is 11.0 Å². The molecule has 0 aliphatic carbocycles. The Morgan fingerprint density at radius 3 is 2.48 bits per heavy atom. The first-order valence-corrected chi connectivity index (χ1v) is 10.8. The maximum absolute atomic E-state index is 12.6. The van der Waals surface area contributed by atoms with Crippen LogP contribution in [-0.2, 0) is 11.2 Å². The van der Waals surface area contributed by atoms with Crippen LogP contribution in [-0.4, -0.2) is 53.7 Å². The number of carbonyl (C=O) groups excluding carboxylic acids is 1. The monoisotopic (exact) mass is 407 g/mol. The van der Waals surface area contributed by atoms with E-state index >= 15 is 0 Å². The second-order valence-corrected chi connectivity index (χ2v) is 8.08. The molecule has 2 heterocycles. The molecule has 29 heavy (non-hydrogen) atoms. The van der Waals surface area contributed by atoms with E-state index < -0.39 is 0 Å². The molecule has 0 atom stereocenters. The van der Waals surface area contributed by atoms with Crippen LogP contribution < -0.4 is 10.2 Å². The molecule has 6 nitrogen and oxygen atoms in total. The number of hydrogen-bond donors (Lipinski definition) is 1. The maximum atomic E-state index is 12.6. The SMILES string of the molecule is CCN1CCN(c2nnc(CC(=O)Nc3ccccc3-c3ccccc3)s2)CC1. The van der Waals surface area contributed by atoms with Crippen LogP contribution in [0.1, 0.15) is 11.9 Å². The van der Waals surface area contributed by atoms with Gasteiger partial charge in [0.25, 0.3) is 0 Å². The summed E-state index contributed by atoms with van der Waals surface area (Å²) in [5.41, 5.74) is 2.89. The molecule has 1 amide bonds. The van der Waals surface area contributed by atoms with Crippen molar-refractivity contribution < 1.29 is 4.79 Å². The van der Waals surface area contributed by atoms with Crippen molar-refractivity contribution >= 4 is 28.1 Å². The molecule has 0 radical (unpaired) electrons. The van der Waals surface area contributed by atoms with Crippen LogP contribution in [0.15, 0.2) is 54.6 Å². The average molecular weight is 408 g/mol. The molecule has 1 saturated heterocycles. The van der Waals surface area contributed by atoms with Gasteiger partial charge in [-0.15, -0.1) is 10.2 Å². The Hall–Kier alpha value is -2.77. The molecule has 1 aliphatic heterocycles. The lowest BCUT2D eigenvalue weighted by atomic mass is 10.0. The molecule has 7 heteroatoms. The van der Waals surface area contributed by atoms with Gasteiger partial charge in [-0.05, 0) is 18.2 Å². The van der Waals surface area contributed by atoms with Crippen LogP contribution in [0.5, 0.6) is 0 Å². The van der Waals surface area contributed by atoms with Gasteiger partial charge in [0, 0.05) is 37.4 Å². The Bertz CT molecular complexity index is 951. The molecular weight excluding hydrogens is 382 g/mol. The van der Waals surface area contributed by atoms with Crippen LogP contribution in [0.3, 0.4) is 0 Å². The zero-order valence-corrected chi connectivity index (χ0v) is 17.4. The number of amides is 1. The van der Waals surface area contributed by atoms with E-state index in [9.17, 15) is 4.79 Å². The van der Waals surface area contributed by atoms with E-state index in [-0.39, 0.29) is 12.3 Å². The van der Waals surface area contributed by atoms with Crippen LogP contribution in [0.4, 0.5) is 10.8 Å². The van der Waals surface area contributed by atoms with Gasteiger partial charge in [-0.3, -0.25) is 4.79 Å². The highest BCUT2D eigenvalue weighted by Crippen LogP contribution is 2.28. The third kappa shape index (κ3) is 4.81. The van der Waals surface area contributed by atoms with E-state index in [1.165, 1.54) is 11.3 Å². The Morgan fingerprint density at radius 1 is 1.00 bits per heavy atom. The zero-order valence-electron chi connectivity index (χ0n) is 16.5. The number of hydrogen-bond acceptors (Lipinski definition) is 6. The minimum absolute atomic E-state index is 0.0770. The topological polar surface area (TPSA) is 61.4 Å². The minimum atomic E-state index is -0.0770. The second kappa shape index (κ2) is 9.15. The number of para-hydroxylation sites is 1. The fraction of sp³-hybridized carbons (Fsp3) is 0.318. The third-order valence-corrected chi connectivity index (χ3v) is 6.13. The molecule has 1 fully saturated rings. The van der Waals surface area contributed by atoms with E-state index in [1.54, 1.807) is 0 Å². The lowest BCUT2D eigenvalue weighted by molar-refractivity contribution is -0.115. The van der Waals surface area contributed by atoms with Crippen molar-refractivity contribution in [1.29, 1.82) is 0 Å². The summed E-state index contributed by atoms with van der Waals surface area (Å²) in [5.74, 6) is -0.0770.